The van der Waals surface area contributed by atoms with Gasteiger partial charge in [-0.25, -0.2) is 4.39 Å². The minimum atomic E-state index is -0.244. The van der Waals surface area contributed by atoms with Crippen molar-refractivity contribution in [1.82, 2.24) is 15.1 Å². The van der Waals surface area contributed by atoms with Gasteiger partial charge in [-0.3, -0.25) is 9.79 Å². The van der Waals surface area contributed by atoms with Gasteiger partial charge in [0.05, 0.1) is 6.54 Å². The zero-order chi connectivity index (χ0) is 16.7. The normalized spacial score (nSPS) is 14.8. The molecule has 1 aliphatic rings. The Hall–Kier alpha value is -1.38. The maximum absolute atomic E-state index is 12.9. The maximum Gasteiger partial charge on any atom is 0.241 e. The van der Waals surface area contributed by atoms with Gasteiger partial charge in [0, 0.05) is 33.7 Å². The highest BCUT2D eigenvalue weighted by atomic mass is 127. The van der Waals surface area contributed by atoms with Crippen molar-refractivity contribution < 1.29 is 9.18 Å². The Morgan fingerprint density at radius 1 is 1.25 bits per heavy atom. The lowest BCUT2D eigenvalue weighted by Gasteiger charge is -2.28. The number of nitrogens with zero attached hydrogens (tertiary/aromatic N) is 3. The number of halogens is 2. The molecule has 1 fully saturated rings. The summed E-state index contributed by atoms with van der Waals surface area (Å²) in [4.78, 5) is 20.2. The number of benzene rings is 1. The fraction of sp³-hybridized carbons (Fsp3) is 0.529. The van der Waals surface area contributed by atoms with Crippen molar-refractivity contribution in [3.63, 3.8) is 0 Å². The van der Waals surface area contributed by atoms with Crippen LogP contribution in [0, 0.1) is 5.82 Å². The third-order valence-corrected chi connectivity index (χ3v) is 4.01. The third kappa shape index (κ3) is 6.26. The molecule has 0 aromatic heterocycles. The molecular formula is C17H26FIN4O. The van der Waals surface area contributed by atoms with Crippen molar-refractivity contribution in [2.75, 3.05) is 33.7 Å². The topological polar surface area (TPSA) is 47.9 Å². The van der Waals surface area contributed by atoms with Crippen LogP contribution in [0.3, 0.4) is 0 Å². The predicted octanol–water partition coefficient (Wildman–Crippen LogP) is 2.46. The van der Waals surface area contributed by atoms with Gasteiger partial charge in [0.2, 0.25) is 5.91 Å². The van der Waals surface area contributed by atoms with Crippen LogP contribution in [-0.4, -0.2) is 55.4 Å². The lowest BCUT2D eigenvalue weighted by molar-refractivity contribution is -0.130. The van der Waals surface area contributed by atoms with Gasteiger partial charge in [-0.15, -0.1) is 24.0 Å². The highest BCUT2D eigenvalue weighted by Crippen LogP contribution is 2.08. The van der Waals surface area contributed by atoms with Crippen molar-refractivity contribution in [1.29, 1.82) is 0 Å². The molecule has 1 aromatic rings. The lowest BCUT2D eigenvalue weighted by Crippen LogP contribution is -2.46. The van der Waals surface area contributed by atoms with Gasteiger partial charge in [-0.05, 0) is 37.0 Å². The third-order valence-electron chi connectivity index (χ3n) is 4.01. The van der Waals surface area contributed by atoms with Gasteiger partial charge < -0.3 is 15.1 Å². The first-order chi connectivity index (χ1) is 11.1. The van der Waals surface area contributed by atoms with Gasteiger partial charge in [-0.2, -0.15) is 0 Å². The number of carbonyl (C=O) groups is 1. The van der Waals surface area contributed by atoms with Crippen LogP contribution in [0.25, 0.3) is 0 Å². The van der Waals surface area contributed by atoms with E-state index in [4.69, 9.17) is 0 Å². The number of aliphatic imine (C=N–C) groups is 1. The molecule has 134 valence electrons. The van der Waals surface area contributed by atoms with Crippen LogP contribution in [0.5, 0.6) is 0 Å². The number of likely N-dealkylation sites (tertiary alicyclic amines) is 1. The molecule has 1 aliphatic heterocycles. The van der Waals surface area contributed by atoms with E-state index in [0.29, 0.717) is 12.5 Å². The standard InChI is InChI=1S/C17H25FN4O.HI/c1-19-17(20-12-16(23)22-10-4-3-5-11-22)21(2)13-14-6-8-15(18)9-7-14;/h6-9H,3-5,10-13H2,1-2H3,(H,19,20);1H. The second-order valence-corrected chi connectivity index (χ2v) is 5.82. The summed E-state index contributed by atoms with van der Waals surface area (Å²) in [6.07, 6.45) is 3.38. The van der Waals surface area contributed by atoms with Crippen molar-refractivity contribution in [3.8, 4) is 0 Å². The zero-order valence-corrected chi connectivity index (χ0v) is 16.6. The summed E-state index contributed by atoms with van der Waals surface area (Å²) >= 11 is 0. The van der Waals surface area contributed by atoms with Gasteiger partial charge in [0.15, 0.2) is 5.96 Å². The van der Waals surface area contributed by atoms with Crippen LogP contribution in [0.2, 0.25) is 0 Å². The van der Waals surface area contributed by atoms with Crippen LogP contribution in [0.4, 0.5) is 4.39 Å². The molecule has 1 N–H and O–H groups in total. The summed E-state index contributed by atoms with van der Waals surface area (Å²) in [5.74, 6) is 0.520. The molecule has 1 saturated heterocycles. The van der Waals surface area contributed by atoms with Crippen LogP contribution in [0.1, 0.15) is 24.8 Å². The molecule has 2 rings (SSSR count). The van der Waals surface area contributed by atoms with E-state index in [2.05, 4.69) is 10.3 Å². The number of carbonyl (C=O) groups excluding carboxylic acids is 1. The quantitative estimate of drug-likeness (QED) is 0.438. The van der Waals surface area contributed by atoms with Gasteiger partial charge in [0.1, 0.15) is 5.82 Å². The summed E-state index contributed by atoms with van der Waals surface area (Å²) in [5, 5.41) is 3.11. The summed E-state index contributed by atoms with van der Waals surface area (Å²) in [6.45, 7) is 2.55. The first kappa shape index (κ1) is 20.7. The van der Waals surface area contributed by atoms with Crippen LogP contribution >= 0.6 is 24.0 Å². The smallest absolute Gasteiger partial charge is 0.241 e. The van der Waals surface area contributed by atoms with E-state index in [0.717, 1.165) is 31.5 Å². The van der Waals surface area contributed by atoms with Gasteiger partial charge in [0.25, 0.3) is 0 Å². The molecule has 1 aromatic carbocycles. The first-order valence-corrected chi connectivity index (χ1v) is 8.04. The fourth-order valence-electron chi connectivity index (χ4n) is 2.73. The van der Waals surface area contributed by atoms with E-state index in [-0.39, 0.29) is 42.2 Å². The molecule has 0 saturated carbocycles. The van der Waals surface area contributed by atoms with Crippen LogP contribution in [-0.2, 0) is 11.3 Å². The lowest BCUT2D eigenvalue weighted by atomic mass is 10.1. The van der Waals surface area contributed by atoms with Crippen LogP contribution < -0.4 is 5.32 Å². The SMILES string of the molecule is CN=C(NCC(=O)N1CCCCC1)N(C)Cc1ccc(F)cc1.I. The summed E-state index contributed by atoms with van der Waals surface area (Å²) in [7, 11) is 3.58. The Labute approximate surface area is 160 Å². The second-order valence-electron chi connectivity index (χ2n) is 5.82. The monoisotopic (exact) mass is 448 g/mol. The fourth-order valence-corrected chi connectivity index (χ4v) is 2.73. The van der Waals surface area contributed by atoms with Gasteiger partial charge in [-0.1, -0.05) is 12.1 Å². The molecule has 0 radical (unpaired) electrons. The molecule has 7 heteroatoms. The summed E-state index contributed by atoms with van der Waals surface area (Å²) in [6, 6.07) is 6.38. The molecule has 1 heterocycles. The molecule has 24 heavy (non-hydrogen) atoms. The Balaban J connectivity index is 0.00000288. The largest absolute Gasteiger partial charge is 0.347 e. The molecule has 0 spiro atoms. The van der Waals surface area contributed by atoms with E-state index in [1.54, 1.807) is 19.2 Å². The number of guanidine groups is 1. The Morgan fingerprint density at radius 2 is 1.88 bits per heavy atom. The second kappa shape index (κ2) is 10.5. The molecular weight excluding hydrogens is 422 g/mol. The molecule has 0 unspecified atom stereocenters. The van der Waals surface area contributed by atoms with Crippen LogP contribution in [0.15, 0.2) is 29.3 Å². The van der Waals surface area contributed by atoms with Crippen molar-refractivity contribution in [3.05, 3.63) is 35.6 Å². The number of amides is 1. The number of rotatable bonds is 4. The number of hydrogen-bond acceptors (Lipinski definition) is 2. The number of piperidine rings is 1. The molecule has 0 atom stereocenters. The highest BCUT2D eigenvalue weighted by molar-refractivity contribution is 14.0. The van der Waals surface area contributed by atoms with Gasteiger partial charge >= 0.3 is 0 Å². The number of hydrogen-bond donors (Lipinski definition) is 1. The average molecular weight is 448 g/mol. The zero-order valence-electron chi connectivity index (χ0n) is 14.3. The predicted molar refractivity (Wildman–Crippen MR) is 105 cm³/mol. The molecule has 5 nitrogen and oxygen atoms in total. The minimum Gasteiger partial charge on any atom is -0.347 e. The highest BCUT2D eigenvalue weighted by Gasteiger charge is 2.17. The summed E-state index contributed by atoms with van der Waals surface area (Å²) in [5.41, 5.74) is 0.985. The maximum atomic E-state index is 12.9. The molecule has 0 bridgehead atoms. The van der Waals surface area contributed by atoms with E-state index in [9.17, 15) is 9.18 Å². The summed E-state index contributed by atoms with van der Waals surface area (Å²) < 4.78 is 12.9. The Morgan fingerprint density at radius 3 is 2.46 bits per heavy atom. The van der Waals surface area contributed by atoms with Crippen molar-refractivity contribution >= 4 is 35.8 Å². The molecule has 1 amide bonds. The average Bonchev–Trinajstić information content (AvgIpc) is 2.58. The van der Waals surface area contributed by atoms with E-state index in [1.165, 1.54) is 18.6 Å². The van der Waals surface area contributed by atoms with E-state index >= 15 is 0 Å². The van der Waals surface area contributed by atoms with Crippen molar-refractivity contribution in [2.45, 2.75) is 25.8 Å². The Kier molecular flexibility index (Phi) is 9.02. The first-order valence-electron chi connectivity index (χ1n) is 8.04. The molecule has 0 aliphatic carbocycles. The Bertz CT molecular complexity index is 544. The minimum absolute atomic E-state index is 0. The van der Waals surface area contributed by atoms with E-state index in [1.807, 2.05) is 16.8 Å². The van der Waals surface area contributed by atoms with E-state index < -0.39 is 0 Å². The van der Waals surface area contributed by atoms with Crippen molar-refractivity contribution in [2.24, 2.45) is 4.99 Å². The number of nitrogens with one attached hydrogen (secondary N) is 1.